The lowest BCUT2D eigenvalue weighted by molar-refractivity contribution is -0.137. The Morgan fingerprint density at radius 2 is 1.96 bits per heavy atom. The summed E-state index contributed by atoms with van der Waals surface area (Å²) in [6.07, 6.45) is 0.515. The summed E-state index contributed by atoms with van der Waals surface area (Å²) in [6.45, 7) is 0.0986. The zero-order valence-electron chi connectivity index (χ0n) is 12.4. The van der Waals surface area contributed by atoms with Crippen molar-refractivity contribution in [2.45, 2.75) is 19.1 Å². The highest BCUT2D eigenvalue weighted by molar-refractivity contribution is 9.11. The van der Waals surface area contributed by atoms with E-state index in [1.54, 1.807) is 6.07 Å². The number of carbonyl (C=O) groups excluding carboxylic acids is 1. The van der Waals surface area contributed by atoms with E-state index in [2.05, 4.69) is 42.2 Å². The van der Waals surface area contributed by atoms with Gasteiger partial charge in [-0.25, -0.2) is 4.79 Å². The molecule has 0 aliphatic carbocycles. The number of benzene rings is 1. The van der Waals surface area contributed by atoms with Crippen LogP contribution in [0.4, 0.5) is 4.79 Å². The number of hydrogen-bond acceptors (Lipinski definition) is 4. The number of nitrogens with zero attached hydrogens (tertiary/aromatic N) is 1. The van der Waals surface area contributed by atoms with Crippen LogP contribution in [0.1, 0.15) is 23.7 Å². The molecular formula is C16H14Br2N2O4. The number of pyridine rings is 1. The third-order valence-electron chi connectivity index (χ3n) is 3.05. The van der Waals surface area contributed by atoms with Crippen molar-refractivity contribution >= 4 is 43.9 Å². The third kappa shape index (κ3) is 5.61. The SMILES string of the molecule is O=C(O)C[C@@H](NC(=O)OCc1ccccc1)c1ncc(Br)cc1Br. The van der Waals surface area contributed by atoms with Crippen molar-refractivity contribution in [3.05, 3.63) is 62.8 Å². The molecule has 24 heavy (non-hydrogen) atoms. The molecule has 0 radical (unpaired) electrons. The van der Waals surface area contributed by atoms with E-state index in [0.717, 1.165) is 10.0 Å². The Hall–Kier alpha value is -1.93. The molecular weight excluding hydrogens is 444 g/mol. The van der Waals surface area contributed by atoms with Crippen LogP contribution >= 0.6 is 31.9 Å². The minimum Gasteiger partial charge on any atom is -0.481 e. The molecule has 2 rings (SSSR count). The molecule has 0 saturated heterocycles. The summed E-state index contributed by atoms with van der Waals surface area (Å²) in [6, 6.07) is 10.1. The topological polar surface area (TPSA) is 88.5 Å². The fourth-order valence-electron chi connectivity index (χ4n) is 1.98. The Morgan fingerprint density at radius 1 is 1.25 bits per heavy atom. The lowest BCUT2D eigenvalue weighted by Crippen LogP contribution is -2.31. The van der Waals surface area contributed by atoms with Crippen LogP contribution < -0.4 is 5.32 Å². The first kappa shape index (κ1) is 18.4. The van der Waals surface area contributed by atoms with Crippen molar-refractivity contribution in [3.8, 4) is 0 Å². The Morgan fingerprint density at radius 3 is 2.58 bits per heavy atom. The number of aromatic nitrogens is 1. The van der Waals surface area contributed by atoms with Gasteiger partial charge in [-0.05, 0) is 43.5 Å². The first-order chi connectivity index (χ1) is 11.5. The van der Waals surface area contributed by atoms with Gasteiger partial charge in [0, 0.05) is 15.1 Å². The standard InChI is InChI=1S/C16H14Br2N2O4/c17-11-6-12(18)15(19-8-11)13(7-14(21)22)20-16(23)24-9-10-4-2-1-3-5-10/h1-6,8,13H,7,9H2,(H,20,23)(H,21,22)/t13-/m1/s1. The van der Waals surface area contributed by atoms with Crippen LogP contribution in [0.25, 0.3) is 0 Å². The summed E-state index contributed by atoms with van der Waals surface area (Å²) in [5.41, 5.74) is 1.25. The van der Waals surface area contributed by atoms with Crippen molar-refractivity contribution in [1.29, 1.82) is 0 Å². The Balaban J connectivity index is 2.05. The molecule has 1 aromatic carbocycles. The smallest absolute Gasteiger partial charge is 0.408 e. The van der Waals surface area contributed by atoms with E-state index in [-0.39, 0.29) is 13.0 Å². The molecule has 1 atom stereocenters. The third-order valence-corrected chi connectivity index (χ3v) is 4.12. The van der Waals surface area contributed by atoms with Gasteiger partial charge in [-0.3, -0.25) is 9.78 Å². The van der Waals surface area contributed by atoms with Crippen LogP contribution in [0.15, 0.2) is 51.5 Å². The zero-order valence-corrected chi connectivity index (χ0v) is 15.6. The number of amides is 1. The molecule has 0 spiro atoms. The molecule has 126 valence electrons. The number of carboxylic acid groups (broad SMARTS) is 1. The van der Waals surface area contributed by atoms with Gasteiger partial charge in [0.05, 0.1) is 18.2 Å². The number of ether oxygens (including phenoxy) is 1. The maximum Gasteiger partial charge on any atom is 0.408 e. The summed E-state index contributed by atoms with van der Waals surface area (Å²) in [5.74, 6) is -1.06. The van der Waals surface area contributed by atoms with Crippen LogP contribution in [0.5, 0.6) is 0 Å². The number of nitrogens with one attached hydrogen (secondary N) is 1. The zero-order chi connectivity index (χ0) is 17.5. The lowest BCUT2D eigenvalue weighted by atomic mass is 10.1. The summed E-state index contributed by atoms with van der Waals surface area (Å²) in [7, 11) is 0. The molecule has 0 aliphatic rings. The van der Waals surface area contributed by atoms with Crippen molar-refractivity contribution in [2.75, 3.05) is 0 Å². The Bertz CT molecular complexity index is 725. The van der Waals surface area contributed by atoms with E-state index in [1.165, 1.54) is 6.20 Å². The summed E-state index contributed by atoms with van der Waals surface area (Å²) in [5, 5.41) is 11.6. The van der Waals surface area contributed by atoms with Gasteiger partial charge in [-0.1, -0.05) is 30.3 Å². The van der Waals surface area contributed by atoms with E-state index in [9.17, 15) is 9.59 Å². The minimum absolute atomic E-state index is 0.0986. The van der Waals surface area contributed by atoms with Gasteiger partial charge in [-0.15, -0.1) is 0 Å². The highest BCUT2D eigenvalue weighted by atomic mass is 79.9. The van der Waals surface area contributed by atoms with Gasteiger partial charge in [0.1, 0.15) is 6.61 Å². The van der Waals surface area contributed by atoms with Crippen LogP contribution in [0.3, 0.4) is 0 Å². The molecule has 0 unspecified atom stereocenters. The number of halogens is 2. The molecule has 0 fully saturated rings. The van der Waals surface area contributed by atoms with Crippen LogP contribution in [-0.2, 0) is 16.1 Å². The molecule has 1 heterocycles. The van der Waals surface area contributed by atoms with Crippen molar-refractivity contribution in [1.82, 2.24) is 10.3 Å². The molecule has 1 amide bonds. The van der Waals surface area contributed by atoms with E-state index in [1.807, 2.05) is 30.3 Å². The first-order valence-corrected chi connectivity index (χ1v) is 8.54. The molecule has 0 aliphatic heterocycles. The largest absolute Gasteiger partial charge is 0.481 e. The van der Waals surface area contributed by atoms with Gasteiger partial charge in [0.15, 0.2) is 0 Å². The minimum atomic E-state index is -1.06. The van der Waals surface area contributed by atoms with E-state index >= 15 is 0 Å². The van der Waals surface area contributed by atoms with E-state index < -0.39 is 18.1 Å². The molecule has 0 saturated carbocycles. The Labute approximate surface area is 155 Å². The quantitative estimate of drug-likeness (QED) is 0.683. The van der Waals surface area contributed by atoms with Crippen LogP contribution in [0, 0.1) is 0 Å². The second kappa shape index (κ2) is 8.79. The number of hydrogen-bond donors (Lipinski definition) is 2. The van der Waals surface area contributed by atoms with E-state index in [4.69, 9.17) is 9.84 Å². The van der Waals surface area contributed by atoms with Crippen molar-refractivity contribution in [2.24, 2.45) is 0 Å². The number of alkyl carbamates (subject to hydrolysis) is 1. The average molecular weight is 458 g/mol. The Kier molecular flexibility index (Phi) is 6.74. The number of aliphatic carboxylic acids is 1. The van der Waals surface area contributed by atoms with Gasteiger partial charge >= 0.3 is 12.1 Å². The highest BCUT2D eigenvalue weighted by Gasteiger charge is 2.22. The van der Waals surface area contributed by atoms with E-state index in [0.29, 0.717) is 10.2 Å². The van der Waals surface area contributed by atoms with Crippen molar-refractivity contribution < 1.29 is 19.4 Å². The maximum absolute atomic E-state index is 12.0. The molecule has 0 bridgehead atoms. The summed E-state index contributed by atoms with van der Waals surface area (Å²) >= 11 is 6.60. The predicted molar refractivity (Wildman–Crippen MR) is 94.4 cm³/mol. The molecule has 2 aromatic rings. The number of rotatable bonds is 6. The summed E-state index contributed by atoms with van der Waals surface area (Å²) in [4.78, 5) is 27.2. The van der Waals surface area contributed by atoms with Gasteiger partial charge < -0.3 is 15.2 Å². The fourth-order valence-corrected chi connectivity index (χ4v) is 3.24. The monoisotopic (exact) mass is 456 g/mol. The van der Waals surface area contributed by atoms with Crippen molar-refractivity contribution in [3.63, 3.8) is 0 Å². The lowest BCUT2D eigenvalue weighted by Gasteiger charge is -2.18. The second-order valence-electron chi connectivity index (χ2n) is 4.88. The molecule has 8 heteroatoms. The van der Waals surface area contributed by atoms with Crippen LogP contribution in [-0.4, -0.2) is 22.2 Å². The number of carbonyl (C=O) groups is 2. The molecule has 6 nitrogen and oxygen atoms in total. The highest BCUT2D eigenvalue weighted by Crippen LogP contribution is 2.26. The number of carboxylic acids is 1. The van der Waals surface area contributed by atoms with Crippen LogP contribution in [0.2, 0.25) is 0 Å². The fraction of sp³-hybridized carbons (Fsp3) is 0.188. The van der Waals surface area contributed by atoms with Gasteiger partial charge in [0.2, 0.25) is 0 Å². The maximum atomic E-state index is 12.0. The predicted octanol–water partition coefficient (Wildman–Crippen LogP) is 4.05. The first-order valence-electron chi connectivity index (χ1n) is 6.95. The normalized spacial score (nSPS) is 11.6. The van der Waals surface area contributed by atoms with Gasteiger partial charge in [-0.2, -0.15) is 0 Å². The summed E-state index contributed by atoms with van der Waals surface area (Å²) < 4.78 is 6.45. The molecule has 1 aromatic heterocycles. The molecule has 2 N–H and O–H groups in total. The average Bonchev–Trinajstić information content (AvgIpc) is 2.53. The second-order valence-corrected chi connectivity index (χ2v) is 6.65. The van der Waals surface area contributed by atoms with Gasteiger partial charge in [0.25, 0.3) is 0 Å².